The van der Waals surface area contributed by atoms with Crippen LogP contribution in [-0.4, -0.2) is 15.0 Å². The SMILES string of the molecule is c1ccc(-c2ccc3c(c2)oc2cc(-c4nc(-c5ccccc5)nc(-c5cccc6c5sc5c(-c7ccccc7)cccc56)n4)ccc23)cc1. The molecule has 0 radical (unpaired) electrons. The molecule has 4 nitrogen and oxygen atoms in total. The predicted octanol–water partition coefficient (Wildman–Crippen LogP) is 12.5. The first-order valence-electron chi connectivity index (χ1n) is 16.6. The van der Waals surface area contributed by atoms with E-state index in [4.69, 9.17) is 19.4 Å². The lowest BCUT2D eigenvalue weighted by atomic mass is 10.0. The molecule has 0 fully saturated rings. The zero-order valence-electron chi connectivity index (χ0n) is 26.7. The molecule has 0 spiro atoms. The Labute approximate surface area is 292 Å². The minimum atomic E-state index is 0.601. The maximum atomic E-state index is 6.48. The molecule has 0 saturated carbocycles. The fourth-order valence-electron chi connectivity index (χ4n) is 6.91. The van der Waals surface area contributed by atoms with Gasteiger partial charge in [0.05, 0.1) is 0 Å². The van der Waals surface area contributed by atoms with Crippen molar-refractivity contribution < 1.29 is 4.42 Å². The normalized spacial score (nSPS) is 11.6. The molecule has 0 unspecified atom stereocenters. The topological polar surface area (TPSA) is 51.8 Å². The lowest BCUT2D eigenvalue weighted by molar-refractivity contribution is 0.669. The highest BCUT2D eigenvalue weighted by molar-refractivity contribution is 7.26. The number of hydrogen-bond acceptors (Lipinski definition) is 5. The van der Waals surface area contributed by atoms with Crippen LogP contribution in [0.1, 0.15) is 0 Å². The molecule has 0 bridgehead atoms. The molecule has 0 aliphatic carbocycles. The molecule has 0 aliphatic rings. The monoisotopic (exact) mass is 657 g/mol. The van der Waals surface area contributed by atoms with Crippen molar-refractivity contribution in [2.45, 2.75) is 0 Å². The smallest absolute Gasteiger partial charge is 0.165 e. The molecule has 0 saturated heterocycles. The molecule has 10 rings (SSSR count). The predicted molar refractivity (Wildman–Crippen MR) is 207 cm³/mol. The molecule has 0 atom stereocenters. The van der Waals surface area contributed by atoms with Crippen molar-refractivity contribution in [1.29, 1.82) is 0 Å². The minimum absolute atomic E-state index is 0.601. The Kier molecular flexibility index (Phi) is 6.64. The molecule has 7 aromatic carbocycles. The highest BCUT2D eigenvalue weighted by Crippen LogP contribution is 2.43. The van der Waals surface area contributed by atoms with Gasteiger partial charge in [-0.2, -0.15) is 0 Å². The van der Waals surface area contributed by atoms with E-state index in [9.17, 15) is 0 Å². The largest absolute Gasteiger partial charge is 0.456 e. The molecule has 0 N–H and O–H groups in total. The van der Waals surface area contributed by atoms with E-state index in [2.05, 4.69) is 127 Å². The van der Waals surface area contributed by atoms with Gasteiger partial charge in [-0.1, -0.05) is 133 Å². The van der Waals surface area contributed by atoms with Crippen LogP contribution in [0.2, 0.25) is 0 Å². The van der Waals surface area contributed by atoms with Crippen molar-refractivity contribution in [3.8, 4) is 56.4 Å². The van der Waals surface area contributed by atoms with Gasteiger partial charge in [0.1, 0.15) is 11.2 Å². The van der Waals surface area contributed by atoms with Crippen LogP contribution in [0, 0.1) is 0 Å². The number of fused-ring (bicyclic) bond motifs is 6. The molecule has 234 valence electrons. The summed E-state index contributed by atoms with van der Waals surface area (Å²) < 4.78 is 8.89. The summed E-state index contributed by atoms with van der Waals surface area (Å²) >= 11 is 1.80. The van der Waals surface area contributed by atoms with Crippen LogP contribution in [0.25, 0.3) is 98.5 Å². The third-order valence-corrected chi connectivity index (χ3v) is 10.6. The number of hydrogen-bond donors (Lipinski definition) is 0. The summed E-state index contributed by atoms with van der Waals surface area (Å²) in [6.45, 7) is 0. The molecule has 0 amide bonds. The van der Waals surface area contributed by atoms with Crippen LogP contribution in [0.5, 0.6) is 0 Å². The highest BCUT2D eigenvalue weighted by atomic mass is 32.1. The van der Waals surface area contributed by atoms with Gasteiger partial charge in [0.25, 0.3) is 0 Å². The van der Waals surface area contributed by atoms with Crippen molar-refractivity contribution in [2.24, 2.45) is 0 Å². The van der Waals surface area contributed by atoms with Gasteiger partial charge >= 0.3 is 0 Å². The van der Waals surface area contributed by atoms with Gasteiger partial charge in [-0.3, -0.25) is 0 Å². The van der Waals surface area contributed by atoms with E-state index in [1.165, 1.54) is 26.6 Å². The van der Waals surface area contributed by atoms with Crippen LogP contribution in [0.4, 0.5) is 0 Å². The number of benzene rings is 7. The van der Waals surface area contributed by atoms with E-state index in [-0.39, 0.29) is 0 Å². The Morgan fingerprint density at radius 1 is 0.340 bits per heavy atom. The molecular weight excluding hydrogens is 631 g/mol. The van der Waals surface area contributed by atoms with E-state index in [1.807, 2.05) is 36.4 Å². The summed E-state index contributed by atoms with van der Waals surface area (Å²) in [5.74, 6) is 1.87. The van der Waals surface area contributed by atoms with Gasteiger partial charge in [0.2, 0.25) is 0 Å². The van der Waals surface area contributed by atoms with Crippen molar-refractivity contribution in [3.63, 3.8) is 0 Å². The molecule has 50 heavy (non-hydrogen) atoms. The van der Waals surface area contributed by atoms with E-state index >= 15 is 0 Å². The number of thiophene rings is 1. The third-order valence-electron chi connectivity index (χ3n) is 9.36. The standard InChI is InChI=1S/C45H27N3OS/c1-4-12-28(13-5-1)31-22-24-34-35-25-23-32(27-40(35)49-39(34)26-31)44-46-43(30-16-8-3-9-17-30)47-45(48-44)38-21-11-20-37-36-19-10-18-33(41(36)50-42(37)38)29-14-6-2-7-15-29/h1-27H. The third kappa shape index (κ3) is 4.79. The molecule has 3 aromatic heterocycles. The molecule has 5 heteroatoms. The molecule has 3 heterocycles. The second-order valence-electron chi connectivity index (χ2n) is 12.4. The van der Waals surface area contributed by atoms with Crippen molar-refractivity contribution in [1.82, 2.24) is 15.0 Å². The lowest BCUT2D eigenvalue weighted by Crippen LogP contribution is -2.00. The quantitative estimate of drug-likeness (QED) is 0.185. The number of aromatic nitrogens is 3. The van der Waals surface area contributed by atoms with Crippen LogP contribution >= 0.6 is 11.3 Å². The zero-order valence-corrected chi connectivity index (χ0v) is 27.6. The fourth-order valence-corrected chi connectivity index (χ4v) is 8.25. The number of rotatable bonds is 5. The van der Waals surface area contributed by atoms with Gasteiger partial charge in [-0.25, -0.2) is 15.0 Å². The minimum Gasteiger partial charge on any atom is -0.456 e. The number of nitrogens with zero attached hydrogens (tertiary/aromatic N) is 3. The molecular formula is C45H27N3OS. The van der Waals surface area contributed by atoms with Crippen LogP contribution < -0.4 is 0 Å². The fraction of sp³-hybridized carbons (Fsp3) is 0. The summed E-state index contributed by atoms with van der Waals surface area (Å²) in [5.41, 5.74) is 9.16. The summed E-state index contributed by atoms with van der Waals surface area (Å²) in [6.07, 6.45) is 0. The molecule has 10 aromatic rings. The van der Waals surface area contributed by atoms with Crippen molar-refractivity contribution >= 4 is 53.4 Å². The van der Waals surface area contributed by atoms with Crippen LogP contribution in [0.15, 0.2) is 168 Å². The maximum Gasteiger partial charge on any atom is 0.165 e. The average molecular weight is 658 g/mol. The van der Waals surface area contributed by atoms with Gasteiger partial charge in [-0.15, -0.1) is 11.3 Å². The van der Waals surface area contributed by atoms with Gasteiger partial charge in [0, 0.05) is 47.6 Å². The highest BCUT2D eigenvalue weighted by Gasteiger charge is 2.19. The Morgan fingerprint density at radius 3 is 1.50 bits per heavy atom. The Balaban J connectivity index is 1.15. The van der Waals surface area contributed by atoms with E-state index in [0.29, 0.717) is 17.5 Å². The summed E-state index contributed by atoms with van der Waals surface area (Å²) in [5, 5.41) is 4.57. The first-order chi connectivity index (χ1) is 24.8. The second kappa shape index (κ2) is 11.6. The second-order valence-corrected chi connectivity index (χ2v) is 13.4. The average Bonchev–Trinajstić information content (AvgIpc) is 3.76. The van der Waals surface area contributed by atoms with Crippen molar-refractivity contribution in [2.75, 3.05) is 0 Å². The van der Waals surface area contributed by atoms with Gasteiger partial charge in [-0.05, 0) is 52.6 Å². The summed E-state index contributed by atoms with van der Waals surface area (Å²) in [6, 6.07) is 56.8. The van der Waals surface area contributed by atoms with E-state index in [1.54, 1.807) is 11.3 Å². The van der Waals surface area contributed by atoms with E-state index in [0.717, 1.165) is 54.5 Å². The Bertz CT molecular complexity index is 2860. The first-order valence-corrected chi connectivity index (χ1v) is 17.4. The van der Waals surface area contributed by atoms with Gasteiger partial charge in [0.15, 0.2) is 17.5 Å². The van der Waals surface area contributed by atoms with Crippen LogP contribution in [-0.2, 0) is 0 Å². The lowest BCUT2D eigenvalue weighted by Gasteiger charge is -2.09. The first kappa shape index (κ1) is 28.6. The maximum absolute atomic E-state index is 6.48. The Morgan fingerprint density at radius 2 is 0.840 bits per heavy atom. The van der Waals surface area contributed by atoms with Crippen LogP contribution in [0.3, 0.4) is 0 Å². The summed E-state index contributed by atoms with van der Waals surface area (Å²) in [7, 11) is 0. The Hall–Kier alpha value is -6.43. The zero-order chi connectivity index (χ0) is 33.0. The number of furan rings is 1. The van der Waals surface area contributed by atoms with Gasteiger partial charge < -0.3 is 4.42 Å². The summed E-state index contributed by atoms with van der Waals surface area (Å²) in [4.78, 5) is 15.3. The van der Waals surface area contributed by atoms with E-state index < -0.39 is 0 Å². The van der Waals surface area contributed by atoms with Crippen molar-refractivity contribution in [3.05, 3.63) is 164 Å². The molecule has 0 aliphatic heterocycles.